The lowest BCUT2D eigenvalue weighted by atomic mass is 9.63. The van der Waals surface area contributed by atoms with Gasteiger partial charge in [0.25, 0.3) is 0 Å². The van der Waals surface area contributed by atoms with Crippen molar-refractivity contribution < 1.29 is 0 Å². The number of imidazole rings is 1. The van der Waals surface area contributed by atoms with Gasteiger partial charge in [0.05, 0.1) is 38.7 Å². The summed E-state index contributed by atoms with van der Waals surface area (Å²) in [5.41, 5.74) is 12.5. The molecule has 0 saturated carbocycles. The maximum Gasteiger partial charge on any atom is 0.159 e. The highest BCUT2D eigenvalue weighted by Crippen LogP contribution is 2.54. The van der Waals surface area contributed by atoms with Gasteiger partial charge in [0.1, 0.15) is 5.82 Å². The smallest absolute Gasteiger partial charge is 0.159 e. The zero-order chi connectivity index (χ0) is 34.9. The van der Waals surface area contributed by atoms with Gasteiger partial charge in [0.15, 0.2) is 5.82 Å². The number of aromatic nitrogens is 5. The molecule has 0 spiro atoms. The molecule has 0 fully saturated rings. The van der Waals surface area contributed by atoms with Crippen molar-refractivity contribution in [3.8, 4) is 34.2 Å². The summed E-state index contributed by atoms with van der Waals surface area (Å²) in [6.45, 7) is 0. The van der Waals surface area contributed by atoms with Crippen LogP contribution in [0.25, 0.3) is 67.0 Å². The molecule has 53 heavy (non-hydrogen) atoms. The van der Waals surface area contributed by atoms with Crippen LogP contribution in [0.2, 0.25) is 0 Å². The van der Waals surface area contributed by atoms with Gasteiger partial charge in [-0.25, -0.2) is 15.0 Å². The van der Waals surface area contributed by atoms with Gasteiger partial charge in [0.2, 0.25) is 0 Å². The van der Waals surface area contributed by atoms with Crippen LogP contribution in [0.1, 0.15) is 22.3 Å². The molecule has 248 valence electrons. The maximum atomic E-state index is 5.34. The van der Waals surface area contributed by atoms with E-state index in [2.05, 4.69) is 155 Å². The topological polar surface area (TPSA) is 48.5 Å². The summed E-state index contributed by atoms with van der Waals surface area (Å²) in [4.78, 5) is 15.0. The third kappa shape index (κ3) is 4.22. The van der Waals surface area contributed by atoms with Crippen LogP contribution in [0.5, 0.6) is 0 Å². The molecule has 5 heteroatoms. The first-order valence-corrected chi connectivity index (χ1v) is 17.9. The van der Waals surface area contributed by atoms with Crippen molar-refractivity contribution in [2.45, 2.75) is 5.41 Å². The summed E-state index contributed by atoms with van der Waals surface area (Å²) in [6, 6.07) is 62.9. The second kappa shape index (κ2) is 11.5. The van der Waals surface area contributed by atoms with Crippen LogP contribution in [0.4, 0.5) is 0 Å². The number of para-hydroxylation sites is 3. The van der Waals surface area contributed by atoms with Crippen molar-refractivity contribution in [3.63, 3.8) is 0 Å². The summed E-state index contributed by atoms with van der Waals surface area (Å²) in [5, 5.41) is 2.47. The fourth-order valence-corrected chi connectivity index (χ4v) is 8.71. The molecule has 0 radical (unpaired) electrons. The number of rotatable bonds is 5. The Morgan fingerprint density at radius 3 is 1.68 bits per heavy atom. The van der Waals surface area contributed by atoms with Crippen LogP contribution < -0.4 is 0 Å². The highest BCUT2D eigenvalue weighted by molar-refractivity contribution is 6.09. The third-order valence-electron chi connectivity index (χ3n) is 10.9. The van der Waals surface area contributed by atoms with Gasteiger partial charge < -0.3 is 4.57 Å². The Balaban J connectivity index is 1.25. The fraction of sp³-hybridized carbons (Fsp3) is 0.0208. The van der Waals surface area contributed by atoms with Crippen LogP contribution in [0, 0.1) is 0 Å². The van der Waals surface area contributed by atoms with E-state index in [1.54, 1.807) is 0 Å². The average Bonchev–Trinajstić information content (AvgIpc) is 3.79. The van der Waals surface area contributed by atoms with Gasteiger partial charge in [-0.15, -0.1) is 0 Å². The monoisotopic (exact) mass is 677 g/mol. The van der Waals surface area contributed by atoms with Crippen molar-refractivity contribution >= 4 is 32.8 Å². The predicted octanol–water partition coefficient (Wildman–Crippen LogP) is 10.9. The SMILES string of the molecule is c1ccc(-c2ncc(-c3nc4cccc5c4n3-c3ccc(-n4c6ccccc6c6ccccc64)cc3C5(c3ccccc3)c3ccccc3)cn2)cc1. The van der Waals surface area contributed by atoms with Crippen molar-refractivity contribution in [2.24, 2.45) is 0 Å². The van der Waals surface area contributed by atoms with Crippen LogP contribution in [-0.4, -0.2) is 24.1 Å². The Labute approximate surface area is 306 Å². The second-order valence-electron chi connectivity index (χ2n) is 13.7. The van der Waals surface area contributed by atoms with E-state index in [4.69, 9.17) is 15.0 Å². The van der Waals surface area contributed by atoms with E-state index in [-0.39, 0.29) is 0 Å². The molecule has 5 nitrogen and oxygen atoms in total. The normalized spacial score (nSPS) is 13.1. The van der Waals surface area contributed by atoms with Gasteiger partial charge >= 0.3 is 0 Å². The number of hydrogen-bond donors (Lipinski definition) is 0. The van der Waals surface area contributed by atoms with Gasteiger partial charge in [-0.3, -0.25) is 4.57 Å². The molecular weight excluding hydrogens is 647 g/mol. The Morgan fingerprint density at radius 1 is 0.453 bits per heavy atom. The Bertz CT molecular complexity index is 2890. The lowest BCUT2D eigenvalue weighted by molar-refractivity contribution is 0.724. The van der Waals surface area contributed by atoms with Gasteiger partial charge in [0, 0.05) is 34.4 Å². The average molecular weight is 678 g/mol. The van der Waals surface area contributed by atoms with E-state index in [0.717, 1.165) is 39.4 Å². The lowest BCUT2D eigenvalue weighted by Gasteiger charge is -2.41. The van der Waals surface area contributed by atoms with Crippen molar-refractivity contribution in [3.05, 3.63) is 211 Å². The van der Waals surface area contributed by atoms with Gasteiger partial charge in [-0.2, -0.15) is 0 Å². The molecule has 0 N–H and O–H groups in total. The number of benzene rings is 7. The molecule has 10 aromatic rings. The van der Waals surface area contributed by atoms with Crippen LogP contribution in [0.15, 0.2) is 188 Å². The van der Waals surface area contributed by atoms with E-state index in [1.807, 2.05) is 42.7 Å². The second-order valence-corrected chi connectivity index (χ2v) is 13.7. The molecule has 0 unspecified atom stereocenters. The van der Waals surface area contributed by atoms with Crippen LogP contribution in [0.3, 0.4) is 0 Å². The van der Waals surface area contributed by atoms with Crippen LogP contribution in [-0.2, 0) is 5.41 Å². The number of nitrogens with zero attached hydrogens (tertiary/aromatic N) is 5. The molecular formula is C48H31N5. The van der Waals surface area contributed by atoms with E-state index < -0.39 is 5.41 Å². The molecule has 0 bridgehead atoms. The Kier molecular flexibility index (Phi) is 6.40. The first kappa shape index (κ1) is 29.6. The highest BCUT2D eigenvalue weighted by atomic mass is 15.1. The van der Waals surface area contributed by atoms with Crippen LogP contribution >= 0.6 is 0 Å². The number of hydrogen-bond acceptors (Lipinski definition) is 3. The molecule has 0 amide bonds. The molecule has 7 aromatic carbocycles. The summed E-state index contributed by atoms with van der Waals surface area (Å²) < 4.78 is 4.74. The maximum absolute atomic E-state index is 5.34. The minimum atomic E-state index is -0.646. The molecule has 0 atom stereocenters. The van der Waals surface area contributed by atoms with E-state index in [9.17, 15) is 0 Å². The van der Waals surface area contributed by atoms with Gasteiger partial charge in [-0.1, -0.05) is 140 Å². The van der Waals surface area contributed by atoms with E-state index in [0.29, 0.717) is 5.82 Å². The van der Waals surface area contributed by atoms with Crippen molar-refractivity contribution in [1.29, 1.82) is 0 Å². The molecule has 0 aliphatic carbocycles. The van der Waals surface area contributed by atoms with Crippen molar-refractivity contribution in [2.75, 3.05) is 0 Å². The summed E-state index contributed by atoms with van der Waals surface area (Å²) in [6.07, 6.45) is 3.81. The zero-order valence-electron chi connectivity index (χ0n) is 28.6. The minimum absolute atomic E-state index is 0.646. The summed E-state index contributed by atoms with van der Waals surface area (Å²) in [5.74, 6) is 1.50. The third-order valence-corrected chi connectivity index (χ3v) is 10.9. The standard InChI is InChI=1S/C48H31N5/c1-4-15-32(16-5-1)46-49-30-33(31-50-46)47-51-41-24-14-23-39-45(41)53(47)44-28-27-36(52-42-25-12-10-21-37(42)38-22-11-13-26-43(38)52)29-40(44)48(39,34-17-6-2-7-18-34)35-19-8-3-9-20-35/h1-31H. The predicted molar refractivity (Wildman–Crippen MR) is 214 cm³/mol. The minimum Gasteiger partial charge on any atom is -0.309 e. The first-order valence-electron chi connectivity index (χ1n) is 17.9. The fourth-order valence-electron chi connectivity index (χ4n) is 8.71. The van der Waals surface area contributed by atoms with E-state index >= 15 is 0 Å². The first-order chi connectivity index (χ1) is 26.3. The zero-order valence-corrected chi connectivity index (χ0v) is 28.6. The number of fused-ring (bicyclic) bond motifs is 5. The molecule has 3 aromatic heterocycles. The molecule has 1 aliphatic rings. The lowest BCUT2D eigenvalue weighted by Crippen LogP contribution is -2.35. The molecule has 0 saturated heterocycles. The summed E-state index contributed by atoms with van der Waals surface area (Å²) in [7, 11) is 0. The molecule has 11 rings (SSSR count). The summed E-state index contributed by atoms with van der Waals surface area (Å²) >= 11 is 0. The van der Waals surface area contributed by atoms with Crippen molar-refractivity contribution in [1.82, 2.24) is 24.1 Å². The largest absolute Gasteiger partial charge is 0.309 e. The Hall–Kier alpha value is -7.11. The molecule has 4 heterocycles. The molecule has 1 aliphatic heterocycles. The quantitative estimate of drug-likeness (QED) is 0.182. The van der Waals surface area contributed by atoms with E-state index in [1.165, 1.54) is 44.1 Å². The Morgan fingerprint density at radius 2 is 1.04 bits per heavy atom. The van der Waals surface area contributed by atoms with Gasteiger partial charge in [-0.05, 0) is 58.7 Å². The highest BCUT2D eigenvalue weighted by Gasteiger charge is 2.46.